The Morgan fingerprint density at radius 2 is 1.48 bits per heavy atom. The number of amides is 1. The standard InChI is InChI=1S/C23H20BrN5O2/c1-14-3-5-18(6-4-14)28-23-25-15(2)13-21(29-23)26-16-7-9-17(10-8-16)27-22(30)19-11-12-20(24)31-19/h3-13H,1-2H3,(H,27,30)(H2,25,26,28,29). The zero-order valence-electron chi connectivity index (χ0n) is 16.9. The van der Waals surface area contributed by atoms with Crippen molar-refractivity contribution in [2.75, 3.05) is 16.0 Å². The Kier molecular flexibility index (Phi) is 5.99. The largest absolute Gasteiger partial charge is 0.444 e. The molecular formula is C23H20BrN5O2. The van der Waals surface area contributed by atoms with Crippen molar-refractivity contribution >= 4 is 50.7 Å². The number of hydrogen-bond donors (Lipinski definition) is 3. The molecule has 0 saturated carbocycles. The smallest absolute Gasteiger partial charge is 0.291 e. The van der Waals surface area contributed by atoms with Gasteiger partial charge in [-0.05, 0) is 78.3 Å². The van der Waals surface area contributed by atoms with Gasteiger partial charge in [-0.1, -0.05) is 17.7 Å². The molecule has 7 nitrogen and oxygen atoms in total. The summed E-state index contributed by atoms with van der Waals surface area (Å²) in [5.74, 6) is 1.10. The molecule has 3 N–H and O–H groups in total. The summed E-state index contributed by atoms with van der Waals surface area (Å²) in [5, 5.41) is 9.29. The second-order valence-electron chi connectivity index (χ2n) is 6.97. The zero-order chi connectivity index (χ0) is 21.8. The van der Waals surface area contributed by atoms with Gasteiger partial charge < -0.3 is 20.4 Å². The van der Waals surface area contributed by atoms with Crippen LogP contribution in [0.3, 0.4) is 0 Å². The maximum absolute atomic E-state index is 12.2. The van der Waals surface area contributed by atoms with Crippen molar-refractivity contribution in [1.82, 2.24) is 9.97 Å². The summed E-state index contributed by atoms with van der Waals surface area (Å²) >= 11 is 3.19. The second-order valence-corrected chi connectivity index (χ2v) is 7.75. The maximum Gasteiger partial charge on any atom is 0.291 e. The Balaban J connectivity index is 1.43. The Morgan fingerprint density at radius 3 is 2.16 bits per heavy atom. The summed E-state index contributed by atoms with van der Waals surface area (Å²) in [4.78, 5) is 21.2. The van der Waals surface area contributed by atoms with E-state index in [9.17, 15) is 4.79 Å². The molecule has 156 valence electrons. The molecule has 0 bridgehead atoms. The number of aryl methyl sites for hydroxylation is 2. The first kappa shape index (κ1) is 20.6. The molecule has 1 amide bonds. The normalized spacial score (nSPS) is 10.5. The average molecular weight is 478 g/mol. The predicted molar refractivity (Wildman–Crippen MR) is 125 cm³/mol. The lowest BCUT2D eigenvalue weighted by atomic mass is 10.2. The van der Waals surface area contributed by atoms with Crippen LogP contribution < -0.4 is 16.0 Å². The van der Waals surface area contributed by atoms with Crippen LogP contribution in [0.2, 0.25) is 0 Å². The van der Waals surface area contributed by atoms with E-state index < -0.39 is 0 Å². The molecule has 0 atom stereocenters. The molecular weight excluding hydrogens is 458 g/mol. The second kappa shape index (κ2) is 9.01. The summed E-state index contributed by atoms with van der Waals surface area (Å²) in [6.45, 7) is 3.96. The maximum atomic E-state index is 12.2. The van der Waals surface area contributed by atoms with E-state index >= 15 is 0 Å². The van der Waals surface area contributed by atoms with Crippen molar-refractivity contribution in [3.8, 4) is 0 Å². The van der Waals surface area contributed by atoms with Crippen molar-refractivity contribution in [3.63, 3.8) is 0 Å². The fourth-order valence-electron chi connectivity index (χ4n) is 2.87. The summed E-state index contributed by atoms with van der Waals surface area (Å²) in [6, 6.07) is 20.5. The van der Waals surface area contributed by atoms with Crippen LogP contribution in [0.1, 0.15) is 21.8 Å². The van der Waals surface area contributed by atoms with Crippen LogP contribution in [0, 0.1) is 13.8 Å². The molecule has 0 spiro atoms. The molecule has 2 aromatic carbocycles. The first-order valence-corrected chi connectivity index (χ1v) is 10.4. The lowest BCUT2D eigenvalue weighted by molar-refractivity contribution is 0.0995. The molecule has 0 aliphatic rings. The highest BCUT2D eigenvalue weighted by Crippen LogP contribution is 2.22. The van der Waals surface area contributed by atoms with Gasteiger partial charge in [-0.25, -0.2) is 4.98 Å². The molecule has 0 radical (unpaired) electrons. The minimum absolute atomic E-state index is 0.235. The summed E-state index contributed by atoms with van der Waals surface area (Å²) in [5.41, 5.74) is 4.43. The van der Waals surface area contributed by atoms with Crippen LogP contribution >= 0.6 is 15.9 Å². The number of carbonyl (C=O) groups excluding carboxylic acids is 1. The number of carbonyl (C=O) groups is 1. The van der Waals surface area contributed by atoms with Gasteiger partial charge in [-0.2, -0.15) is 4.98 Å². The third-order valence-corrected chi connectivity index (χ3v) is 4.80. The average Bonchev–Trinajstić information content (AvgIpc) is 3.17. The van der Waals surface area contributed by atoms with E-state index in [1.54, 1.807) is 24.3 Å². The number of rotatable bonds is 6. The van der Waals surface area contributed by atoms with E-state index in [-0.39, 0.29) is 11.7 Å². The van der Waals surface area contributed by atoms with Gasteiger partial charge in [0.2, 0.25) is 5.95 Å². The van der Waals surface area contributed by atoms with Crippen LogP contribution in [0.5, 0.6) is 0 Å². The minimum atomic E-state index is -0.315. The molecule has 4 rings (SSSR count). The van der Waals surface area contributed by atoms with Gasteiger partial charge in [0, 0.05) is 28.8 Å². The Bertz CT molecular complexity index is 1200. The van der Waals surface area contributed by atoms with Gasteiger partial charge in [0.1, 0.15) is 5.82 Å². The number of hydrogen-bond acceptors (Lipinski definition) is 6. The molecule has 2 heterocycles. The highest BCUT2D eigenvalue weighted by molar-refractivity contribution is 9.10. The number of nitrogens with one attached hydrogen (secondary N) is 3. The SMILES string of the molecule is Cc1ccc(Nc2nc(C)cc(Nc3ccc(NC(=O)c4ccc(Br)o4)cc3)n2)cc1. The molecule has 2 aromatic heterocycles. The van der Waals surface area contributed by atoms with Crippen LogP contribution in [0.25, 0.3) is 0 Å². The van der Waals surface area contributed by atoms with E-state index in [0.717, 1.165) is 17.1 Å². The van der Waals surface area contributed by atoms with Gasteiger partial charge in [0.25, 0.3) is 5.91 Å². The van der Waals surface area contributed by atoms with E-state index in [1.807, 2.05) is 56.3 Å². The Morgan fingerprint density at radius 1 is 0.839 bits per heavy atom. The third kappa shape index (κ3) is 5.49. The highest BCUT2D eigenvalue weighted by atomic mass is 79.9. The van der Waals surface area contributed by atoms with Crippen LogP contribution in [0.15, 0.2) is 75.8 Å². The molecule has 8 heteroatoms. The summed E-state index contributed by atoms with van der Waals surface area (Å²) in [6.07, 6.45) is 0. The fraction of sp³-hybridized carbons (Fsp3) is 0.0870. The van der Waals surface area contributed by atoms with Gasteiger partial charge >= 0.3 is 0 Å². The van der Waals surface area contributed by atoms with E-state index in [4.69, 9.17) is 4.42 Å². The van der Waals surface area contributed by atoms with Crippen LogP contribution in [0.4, 0.5) is 28.8 Å². The molecule has 0 unspecified atom stereocenters. The fourth-order valence-corrected chi connectivity index (χ4v) is 3.17. The topological polar surface area (TPSA) is 92.1 Å². The van der Waals surface area contributed by atoms with Crippen LogP contribution in [-0.2, 0) is 0 Å². The molecule has 0 fully saturated rings. The summed E-state index contributed by atoms with van der Waals surface area (Å²) < 4.78 is 5.77. The Labute approximate surface area is 188 Å². The molecule has 4 aromatic rings. The monoisotopic (exact) mass is 477 g/mol. The van der Waals surface area contributed by atoms with Gasteiger partial charge in [0.05, 0.1) is 0 Å². The quantitative estimate of drug-likeness (QED) is 0.306. The number of furan rings is 1. The summed E-state index contributed by atoms with van der Waals surface area (Å²) in [7, 11) is 0. The van der Waals surface area contributed by atoms with E-state index in [2.05, 4.69) is 41.8 Å². The van der Waals surface area contributed by atoms with Gasteiger partial charge in [-0.15, -0.1) is 0 Å². The zero-order valence-corrected chi connectivity index (χ0v) is 18.5. The first-order chi connectivity index (χ1) is 14.9. The predicted octanol–water partition coefficient (Wildman–Crippen LogP) is 6.19. The third-order valence-electron chi connectivity index (χ3n) is 4.37. The van der Waals surface area contributed by atoms with E-state index in [1.165, 1.54) is 5.56 Å². The van der Waals surface area contributed by atoms with Crippen molar-refractivity contribution in [2.45, 2.75) is 13.8 Å². The lowest BCUT2D eigenvalue weighted by Crippen LogP contribution is -2.10. The minimum Gasteiger partial charge on any atom is -0.444 e. The van der Waals surface area contributed by atoms with E-state index in [0.29, 0.717) is 22.1 Å². The van der Waals surface area contributed by atoms with Crippen molar-refractivity contribution < 1.29 is 9.21 Å². The number of halogens is 1. The number of nitrogens with zero attached hydrogens (tertiary/aromatic N) is 2. The lowest BCUT2D eigenvalue weighted by Gasteiger charge is -2.11. The number of benzene rings is 2. The van der Waals surface area contributed by atoms with Gasteiger partial charge in [-0.3, -0.25) is 4.79 Å². The van der Waals surface area contributed by atoms with Gasteiger partial charge in [0.15, 0.2) is 10.4 Å². The molecule has 0 aliphatic carbocycles. The molecule has 31 heavy (non-hydrogen) atoms. The first-order valence-electron chi connectivity index (χ1n) is 9.58. The number of anilines is 5. The number of aromatic nitrogens is 2. The highest BCUT2D eigenvalue weighted by Gasteiger charge is 2.11. The van der Waals surface area contributed by atoms with Crippen molar-refractivity contribution in [3.05, 3.63) is 88.4 Å². The van der Waals surface area contributed by atoms with Crippen molar-refractivity contribution in [1.29, 1.82) is 0 Å². The molecule has 0 saturated heterocycles. The van der Waals surface area contributed by atoms with Crippen molar-refractivity contribution in [2.24, 2.45) is 0 Å². The molecule has 0 aliphatic heterocycles. The Hall–Kier alpha value is -3.65. The van der Waals surface area contributed by atoms with Crippen LogP contribution in [-0.4, -0.2) is 15.9 Å².